The number of amides is 1. The van der Waals surface area contributed by atoms with Crippen LogP contribution >= 0.6 is 15.9 Å². The molecule has 1 atom stereocenters. The van der Waals surface area contributed by atoms with Crippen molar-refractivity contribution in [3.63, 3.8) is 0 Å². The van der Waals surface area contributed by atoms with E-state index in [1.54, 1.807) is 0 Å². The Morgan fingerprint density at radius 3 is 2.75 bits per heavy atom. The molecule has 0 saturated carbocycles. The fourth-order valence-electron chi connectivity index (χ4n) is 2.09. The number of rotatable bonds is 5. The summed E-state index contributed by atoms with van der Waals surface area (Å²) in [5.74, 6) is -0.549. The number of aliphatic hydroxyl groups is 2. The topological polar surface area (TPSA) is 72.8 Å². The number of anilines is 2. The van der Waals surface area contributed by atoms with Gasteiger partial charge < -0.3 is 20.4 Å². The summed E-state index contributed by atoms with van der Waals surface area (Å²) in [5.41, 5.74) is 1.21. The van der Waals surface area contributed by atoms with Gasteiger partial charge in [0.05, 0.1) is 18.8 Å². The van der Waals surface area contributed by atoms with Crippen LogP contribution in [0.4, 0.5) is 20.2 Å². The highest BCUT2D eigenvalue weighted by Gasteiger charge is 2.30. The van der Waals surface area contributed by atoms with Crippen LogP contribution in [0.15, 0.2) is 16.6 Å². The molecule has 3 N–H and O–H groups in total. The Kier molecular flexibility index (Phi) is 4.56. The number of benzene rings is 1. The molecule has 0 bridgehead atoms. The third-order valence-corrected chi connectivity index (χ3v) is 3.62. The molecule has 5 nitrogen and oxygen atoms in total. The van der Waals surface area contributed by atoms with Crippen molar-refractivity contribution in [1.82, 2.24) is 0 Å². The lowest BCUT2D eigenvalue weighted by Gasteiger charge is -2.25. The van der Waals surface area contributed by atoms with E-state index in [4.69, 9.17) is 5.11 Å². The van der Waals surface area contributed by atoms with E-state index in [0.29, 0.717) is 21.4 Å². The molecule has 0 fully saturated rings. The second-order valence-corrected chi connectivity index (χ2v) is 5.20. The van der Waals surface area contributed by atoms with Crippen molar-refractivity contribution in [2.45, 2.75) is 12.5 Å². The Bertz CT molecular complexity index is 528. The van der Waals surface area contributed by atoms with E-state index < -0.39 is 25.0 Å². The number of nitrogens with one attached hydrogen (secondary N) is 1. The number of carbonyl (C=O) groups is 1. The van der Waals surface area contributed by atoms with E-state index in [2.05, 4.69) is 21.2 Å². The summed E-state index contributed by atoms with van der Waals surface area (Å²) in [7, 11) is 0. The van der Waals surface area contributed by atoms with Gasteiger partial charge in [-0.3, -0.25) is 4.79 Å². The Hall–Kier alpha value is -1.25. The highest BCUT2D eigenvalue weighted by Crippen LogP contribution is 2.39. The van der Waals surface area contributed by atoms with E-state index in [0.717, 1.165) is 0 Å². The van der Waals surface area contributed by atoms with E-state index in [-0.39, 0.29) is 13.2 Å². The van der Waals surface area contributed by atoms with Crippen molar-refractivity contribution in [2.75, 3.05) is 29.9 Å². The third kappa shape index (κ3) is 2.92. The molecule has 1 unspecified atom stereocenters. The average molecular weight is 351 g/mol. The lowest BCUT2D eigenvalue weighted by molar-refractivity contribution is -0.123. The lowest BCUT2D eigenvalue weighted by atomic mass is 10.1. The maximum absolute atomic E-state index is 12.6. The van der Waals surface area contributed by atoms with Gasteiger partial charge in [-0.15, -0.1) is 0 Å². The maximum Gasteiger partial charge on any atom is 0.257 e. The Labute approximate surface area is 122 Å². The highest BCUT2D eigenvalue weighted by atomic mass is 79.9. The minimum absolute atomic E-state index is 0.0399. The molecule has 8 heteroatoms. The summed E-state index contributed by atoms with van der Waals surface area (Å²) in [4.78, 5) is 12.7. The molecule has 1 heterocycles. The third-order valence-electron chi connectivity index (χ3n) is 2.99. The quantitative estimate of drug-likeness (QED) is 0.752. The summed E-state index contributed by atoms with van der Waals surface area (Å²) in [6, 6.07) is 3.02. The second-order valence-electron chi connectivity index (χ2n) is 4.34. The summed E-state index contributed by atoms with van der Waals surface area (Å²) >= 11 is 3.24. The minimum Gasteiger partial charge on any atom is -0.395 e. The van der Waals surface area contributed by atoms with Crippen molar-refractivity contribution in [3.05, 3.63) is 22.2 Å². The number of hydrogen-bond donors (Lipinski definition) is 3. The molecule has 0 aliphatic carbocycles. The Morgan fingerprint density at radius 2 is 2.15 bits per heavy atom. The molecule has 20 heavy (non-hydrogen) atoms. The number of nitrogens with zero attached hydrogens (tertiary/aromatic N) is 1. The minimum atomic E-state index is -2.55. The second kappa shape index (κ2) is 6.02. The molecule has 1 aliphatic heterocycles. The Balaban J connectivity index is 2.37. The van der Waals surface area contributed by atoms with Gasteiger partial charge in [0.15, 0.2) is 6.10 Å². The van der Waals surface area contributed by atoms with Crippen LogP contribution in [0.3, 0.4) is 0 Å². The normalized spacial score (nSPS) is 17.3. The molecule has 0 spiro atoms. The van der Waals surface area contributed by atoms with Crippen molar-refractivity contribution in [3.8, 4) is 0 Å². The van der Waals surface area contributed by atoms with Gasteiger partial charge in [-0.25, -0.2) is 8.78 Å². The van der Waals surface area contributed by atoms with Crippen LogP contribution in [0.25, 0.3) is 0 Å². The van der Waals surface area contributed by atoms with Gasteiger partial charge in [0.2, 0.25) is 0 Å². The first-order valence-electron chi connectivity index (χ1n) is 5.90. The number of carbonyl (C=O) groups excluding carboxylic acids is 1. The monoisotopic (exact) mass is 350 g/mol. The van der Waals surface area contributed by atoms with Crippen LogP contribution in [-0.4, -0.2) is 42.2 Å². The number of hydrogen-bond acceptors (Lipinski definition) is 4. The zero-order chi connectivity index (χ0) is 14.9. The molecule has 1 amide bonds. The van der Waals surface area contributed by atoms with Crippen LogP contribution in [0, 0.1) is 0 Å². The predicted molar refractivity (Wildman–Crippen MR) is 73.0 cm³/mol. The summed E-state index contributed by atoms with van der Waals surface area (Å²) in [6.45, 7) is -0.766. The van der Waals surface area contributed by atoms with Crippen molar-refractivity contribution in [1.29, 1.82) is 0 Å². The van der Waals surface area contributed by atoms with E-state index in [1.807, 2.05) is 0 Å². The van der Waals surface area contributed by atoms with Crippen LogP contribution in [0.5, 0.6) is 0 Å². The van der Waals surface area contributed by atoms with Gasteiger partial charge >= 0.3 is 0 Å². The fourth-order valence-corrected chi connectivity index (χ4v) is 2.71. The SMILES string of the molecule is O=C1Nc2cc(N(CCO)CC(F)F)c(Br)cc2C1O. The van der Waals surface area contributed by atoms with Gasteiger partial charge in [-0.1, -0.05) is 0 Å². The van der Waals surface area contributed by atoms with Gasteiger partial charge in [-0.2, -0.15) is 0 Å². The Morgan fingerprint density at radius 1 is 1.45 bits per heavy atom. The van der Waals surface area contributed by atoms with Crippen LogP contribution < -0.4 is 10.2 Å². The van der Waals surface area contributed by atoms with Crippen molar-refractivity contribution < 1.29 is 23.8 Å². The van der Waals surface area contributed by atoms with Crippen molar-refractivity contribution >= 4 is 33.2 Å². The van der Waals surface area contributed by atoms with E-state index in [1.165, 1.54) is 17.0 Å². The zero-order valence-corrected chi connectivity index (χ0v) is 11.9. The van der Waals surface area contributed by atoms with Crippen molar-refractivity contribution in [2.24, 2.45) is 0 Å². The first-order chi connectivity index (χ1) is 9.43. The van der Waals surface area contributed by atoms with E-state index in [9.17, 15) is 18.7 Å². The molecule has 0 saturated heterocycles. The average Bonchev–Trinajstić information content (AvgIpc) is 2.64. The summed E-state index contributed by atoms with van der Waals surface area (Å²) in [6.07, 6.45) is -3.81. The molecular formula is C12H13BrF2N2O3. The molecule has 0 radical (unpaired) electrons. The molecule has 1 aromatic carbocycles. The first-order valence-corrected chi connectivity index (χ1v) is 6.69. The van der Waals surface area contributed by atoms with E-state index >= 15 is 0 Å². The molecule has 1 aliphatic rings. The standard InChI is InChI=1S/C12H13BrF2N2O3/c13-7-3-6-8(16-12(20)11(6)19)4-9(7)17(1-2-18)5-10(14)15/h3-4,10-11,18-19H,1-2,5H2,(H,16,20). The number of halogens is 3. The highest BCUT2D eigenvalue weighted by molar-refractivity contribution is 9.10. The smallest absolute Gasteiger partial charge is 0.257 e. The lowest BCUT2D eigenvalue weighted by Crippen LogP contribution is -2.31. The van der Waals surface area contributed by atoms with Gasteiger partial charge in [0.25, 0.3) is 12.3 Å². The summed E-state index contributed by atoms with van der Waals surface area (Å²) < 4.78 is 25.6. The number of alkyl halides is 2. The molecule has 110 valence electrons. The van der Waals surface area contributed by atoms with Crippen LogP contribution in [-0.2, 0) is 4.79 Å². The van der Waals surface area contributed by atoms with Crippen LogP contribution in [0.2, 0.25) is 0 Å². The number of fused-ring (bicyclic) bond motifs is 1. The zero-order valence-electron chi connectivity index (χ0n) is 10.3. The maximum atomic E-state index is 12.6. The van der Waals surface area contributed by atoms with Gasteiger partial charge in [0, 0.05) is 22.3 Å². The largest absolute Gasteiger partial charge is 0.395 e. The van der Waals surface area contributed by atoms with Gasteiger partial charge in [0.1, 0.15) is 0 Å². The molecule has 1 aromatic rings. The fraction of sp³-hybridized carbons (Fsp3) is 0.417. The van der Waals surface area contributed by atoms with Crippen LogP contribution in [0.1, 0.15) is 11.7 Å². The molecule has 2 rings (SSSR count). The molecular weight excluding hydrogens is 338 g/mol. The summed E-state index contributed by atoms with van der Waals surface area (Å²) in [5, 5.41) is 21.1. The first kappa shape index (κ1) is 15.1. The number of aliphatic hydroxyl groups excluding tert-OH is 2. The van der Waals surface area contributed by atoms with Gasteiger partial charge in [-0.05, 0) is 28.1 Å². The predicted octanol–water partition coefficient (Wildman–Crippen LogP) is 1.50. The molecule has 0 aromatic heterocycles.